The van der Waals surface area contributed by atoms with Crippen LogP contribution >= 0.6 is 0 Å². The highest BCUT2D eigenvalue weighted by Gasteiger charge is 2.14. The second-order valence-electron chi connectivity index (χ2n) is 5.34. The summed E-state index contributed by atoms with van der Waals surface area (Å²) in [5.41, 5.74) is 2.79. The van der Waals surface area contributed by atoms with Gasteiger partial charge in [-0.3, -0.25) is 0 Å². The third kappa shape index (κ3) is 4.02. The van der Waals surface area contributed by atoms with Gasteiger partial charge in [-0.2, -0.15) is 0 Å². The molecule has 0 unspecified atom stereocenters. The summed E-state index contributed by atoms with van der Waals surface area (Å²) in [5, 5.41) is 6.64. The van der Waals surface area contributed by atoms with Gasteiger partial charge in [0.05, 0.1) is 0 Å². The summed E-state index contributed by atoms with van der Waals surface area (Å²) in [6, 6.07) is 9.11. The minimum atomic E-state index is 0.817. The fourth-order valence-corrected chi connectivity index (χ4v) is 2.81. The Labute approximate surface area is 111 Å². The summed E-state index contributed by atoms with van der Waals surface area (Å²) in [6.07, 6.45) is 8.19. The van der Waals surface area contributed by atoms with Crippen LogP contribution in [0.4, 0.5) is 5.69 Å². The zero-order chi connectivity index (χ0) is 12.6. The zero-order valence-corrected chi connectivity index (χ0v) is 11.5. The zero-order valence-electron chi connectivity index (χ0n) is 11.5. The van der Waals surface area contributed by atoms with Crippen molar-refractivity contribution in [3.8, 4) is 0 Å². The number of benzene rings is 1. The SMILES string of the molecule is CNCCCNc1ccc(C2CCCCC2)cc1. The topological polar surface area (TPSA) is 24.1 Å². The second kappa shape index (κ2) is 7.42. The average molecular weight is 246 g/mol. The quantitative estimate of drug-likeness (QED) is 0.747. The Morgan fingerprint density at radius 3 is 2.39 bits per heavy atom. The van der Waals surface area contributed by atoms with Gasteiger partial charge in [0.2, 0.25) is 0 Å². The highest BCUT2D eigenvalue weighted by atomic mass is 14.9. The Morgan fingerprint density at radius 2 is 1.72 bits per heavy atom. The average Bonchev–Trinajstić information content (AvgIpc) is 2.45. The van der Waals surface area contributed by atoms with Gasteiger partial charge >= 0.3 is 0 Å². The van der Waals surface area contributed by atoms with E-state index in [0.29, 0.717) is 0 Å². The van der Waals surface area contributed by atoms with Crippen LogP contribution in [0.25, 0.3) is 0 Å². The largest absolute Gasteiger partial charge is 0.385 e. The van der Waals surface area contributed by atoms with Gasteiger partial charge in [0, 0.05) is 12.2 Å². The van der Waals surface area contributed by atoms with Gasteiger partial charge in [-0.15, -0.1) is 0 Å². The van der Waals surface area contributed by atoms with Gasteiger partial charge in [0.1, 0.15) is 0 Å². The molecule has 2 N–H and O–H groups in total. The van der Waals surface area contributed by atoms with Crippen molar-refractivity contribution >= 4 is 5.69 Å². The van der Waals surface area contributed by atoms with Gasteiger partial charge in [-0.25, -0.2) is 0 Å². The lowest BCUT2D eigenvalue weighted by Gasteiger charge is -2.22. The standard InChI is InChI=1S/C16H26N2/c1-17-12-5-13-18-16-10-8-15(9-11-16)14-6-3-2-4-7-14/h8-11,14,17-18H,2-7,12-13H2,1H3. The van der Waals surface area contributed by atoms with Crippen LogP contribution in [0.2, 0.25) is 0 Å². The van der Waals surface area contributed by atoms with Crippen LogP contribution in [0.5, 0.6) is 0 Å². The number of nitrogens with one attached hydrogen (secondary N) is 2. The first kappa shape index (κ1) is 13.4. The highest BCUT2D eigenvalue weighted by Crippen LogP contribution is 2.32. The highest BCUT2D eigenvalue weighted by molar-refractivity contribution is 5.45. The van der Waals surface area contributed by atoms with E-state index >= 15 is 0 Å². The maximum atomic E-state index is 3.47. The van der Waals surface area contributed by atoms with E-state index in [1.807, 2.05) is 7.05 Å². The van der Waals surface area contributed by atoms with Gasteiger partial charge in [-0.1, -0.05) is 31.4 Å². The van der Waals surface area contributed by atoms with E-state index in [9.17, 15) is 0 Å². The molecule has 1 aliphatic rings. The van der Waals surface area contributed by atoms with E-state index in [2.05, 4.69) is 34.9 Å². The van der Waals surface area contributed by atoms with E-state index in [-0.39, 0.29) is 0 Å². The molecule has 2 rings (SSSR count). The van der Waals surface area contributed by atoms with E-state index < -0.39 is 0 Å². The molecule has 0 saturated heterocycles. The van der Waals surface area contributed by atoms with Crippen LogP contribution in [0.15, 0.2) is 24.3 Å². The summed E-state index contributed by atoms with van der Waals surface area (Å²) in [5.74, 6) is 0.817. The molecule has 0 atom stereocenters. The lowest BCUT2D eigenvalue weighted by molar-refractivity contribution is 0.443. The molecule has 0 spiro atoms. The Bertz CT molecular complexity index is 325. The molecule has 100 valence electrons. The third-order valence-electron chi connectivity index (χ3n) is 3.92. The van der Waals surface area contributed by atoms with Crippen LogP contribution in [-0.2, 0) is 0 Å². The predicted octanol–water partition coefficient (Wildman–Crippen LogP) is 3.76. The van der Waals surface area contributed by atoms with Crippen LogP contribution in [-0.4, -0.2) is 20.1 Å². The van der Waals surface area contributed by atoms with E-state index in [1.165, 1.54) is 49.8 Å². The Kier molecular flexibility index (Phi) is 5.53. The summed E-state index contributed by atoms with van der Waals surface area (Å²) >= 11 is 0. The molecule has 0 aliphatic heterocycles. The smallest absolute Gasteiger partial charge is 0.0340 e. The normalized spacial score (nSPS) is 16.7. The maximum absolute atomic E-state index is 3.47. The Balaban J connectivity index is 1.81. The molecule has 1 aliphatic carbocycles. The van der Waals surface area contributed by atoms with Crippen molar-refractivity contribution in [2.24, 2.45) is 0 Å². The van der Waals surface area contributed by atoms with E-state index in [4.69, 9.17) is 0 Å². The lowest BCUT2D eigenvalue weighted by Crippen LogP contribution is -2.12. The Hall–Kier alpha value is -1.02. The van der Waals surface area contributed by atoms with Gasteiger partial charge in [0.25, 0.3) is 0 Å². The van der Waals surface area contributed by atoms with Gasteiger partial charge in [0.15, 0.2) is 0 Å². The fraction of sp³-hybridized carbons (Fsp3) is 0.625. The summed E-state index contributed by atoms with van der Waals surface area (Å²) in [4.78, 5) is 0. The summed E-state index contributed by atoms with van der Waals surface area (Å²) in [6.45, 7) is 2.12. The van der Waals surface area contributed by atoms with Crippen molar-refractivity contribution < 1.29 is 0 Å². The third-order valence-corrected chi connectivity index (χ3v) is 3.92. The molecule has 0 radical (unpaired) electrons. The first-order valence-corrected chi connectivity index (χ1v) is 7.38. The maximum Gasteiger partial charge on any atom is 0.0340 e. The van der Waals surface area contributed by atoms with Crippen molar-refractivity contribution in [2.45, 2.75) is 44.4 Å². The number of anilines is 1. The molecule has 1 aromatic rings. The van der Waals surface area contributed by atoms with Crippen molar-refractivity contribution in [1.29, 1.82) is 0 Å². The molecule has 1 fully saturated rings. The molecule has 2 heteroatoms. The number of hydrogen-bond donors (Lipinski definition) is 2. The van der Waals surface area contributed by atoms with Crippen molar-refractivity contribution in [3.63, 3.8) is 0 Å². The minimum absolute atomic E-state index is 0.817. The van der Waals surface area contributed by atoms with Gasteiger partial charge < -0.3 is 10.6 Å². The Morgan fingerprint density at radius 1 is 1.00 bits per heavy atom. The molecule has 0 amide bonds. The molecule has 1 saturated carbocycles. The van der Waals surface area contributed by atoms with Crippen molar-refractivity contribution in [2.75, 3.05) is 25.5 Å². The molecule has 0 aromatic heterocycles. The fourth-order valence-electron chi connectivity index (χ4n) is 2.81. The van der Waals surface area contributed by atoms with Crippen molar-refractivity contribution in [3.05, 3.63) is 29.8 Å². The molecule has 0 heterocycles. The van der Waals surface area contributed by atoms with Crippen LogP contribution in [0.1, 0.15) is 50.0 Å². The first-order chi connectivity index (χ1) is 8.90. The van der Waals surface area contributed by atoms with Crippen LogP contribution in [0, 0.1) is 0 Å². The summed E-state index contributed by atoms with van der Waals surface area (Å²) in [7, 11) is 2.00. The minimum Gasteiger partial charge on any atom is -0.385 e. The number of rotatable bonds is 6. The summed E-state index contributed by atoms with van der Waals surface area (Å²) < 4.78 is 0. The second-order valence-corrected chi connectivity index (χ2v) is 5.34. The van der Waals surface area contributed by atoms with E-state index in [1.54, 1.807) is 0 Å². The van der Waals surface area contributed by atoms with Crippen molar-refractivity contribution in [1.82, 2.24) is 5.32 Å². The molecule has 0 bridgehead atoms. The van der Waals surface area contributed by atoms with Crippen LogP contribution < -0.4 is 10.6 Å². The number of hydrogen-bond acceptors (Lipinski definition) is 2. The van der Waals surface area contributed by atoms with E-state index in [0.717, 1.165) is 19.0 Å². The lowest BCUT2D eigenvalue weighted by atomic mass is 9.84. The molecule has 2 nitrogen and oxygen atoms in total. The first-order valence-electron chi connectivity index (χ1n) is 7.38. The molecule has 1 aromatic carbocycles. The molecular weight excluding hydrogens is 220 g/mol. The molecular formula is C16H26N2. The predicted molar refractivity (Wildman–Crippen MR) is 79.3 cm³/mol. The monoisotopic (exact) mass is 246 g/mol. The molecule has 18 heavy (non-hydrogen) atoms. The van der Waals surface area contributed by atoms with Gasteiger partial charge in [-0.05, 0) is 56.5 Å². The van der Waals surface area contributed by atoms with Crippen LogP contribution in [0.3, 0.4) is 0 Å².